The summed E-state index contributed by atoms with van der Waals surface area (Å²) in [5, 5.41) is 11.5. The second-order valence-electron chi connectivity index (χ2n) is 11.1. The van der Waals surface area contributed by atoms with Crippen LogP contribution in [0.1, 0.15) is 63.8 Å². The van der Waals surface area contributed by atoms with E-state index in [0.717, 1.165) is 22.5 Å². The highest BCUT2D eigenvalue weighted by atomic mass is 16.2. The van der Waals surface area contributed by atoms with Crippen LogP contribution in [0.5, 0.6) is 0 Å². The first kappa shape index (κ1) is 26.8. The van der Waals surface area contributed by atoms with Gasteiger partial charge in [-0.15, -0.1) is 0 Å². The van der Waals surface area contributed by atoms with E-state index in [1.165, 1.54) is 11.1 Å². The molecule has 0 fully saturated rings. The predicted octanol–water partition coefficient (Wildman–Crippen LogP) is 6.93. The molecule has 4 amide bonds. The van der Waals surface area contributed by atoms with Gasteiger partial charge in [-0.3, -0.25) is 0 Å². The van der Waals surface area contributed by atoms with Crippen molar-refractivity contribution in [1.29, 1.82) is 0 Å². The molecule has 0 saturated carbocycles. The zero-order valence-electron chi connectivity index (χ0n) is 22.2. The quantitative estimate of drug-likeness (QED) is 0.305. The summed E-state index contributed by atoms with van der Waals surface area (Å²) in [4.78, 5) is 24.7. The Morgan fingerprint density at radius 1 is 0.583 bits per heavy atom. The summed E-state index contributed by atoms with van der Waals surface area (Å²) in [5.74, 6) is 0. The fourth-order valence-electron chi connectivity index (χ4n) is 3.67. The van der Waals surface area contributed by atoms with E-state index in [4.69, 9.17) is 0 Å². The Balaban J connectivity index is 1.46. The van der Waals surface area contributed by atoms with Crippen LogP contribution in [-0.4, -0.2) is 12.1 Å². The molecule has 0 unspecified atom stereocenters. The first-order valence-corrected chi connectivity index (χ1v) is 12.3. The zero-order chi connectivity index (χ0) is 26.3. The molecule has 0 radical (unpaired) electrons. The van der Waals surface area contributed by atoms with Gasteiger partial charge in [0.1, 0.15) is 0 Å². The predicted molar refractivity (Wildman–Crippen MR) is 148 cm³/mol. The lowest BCUT2D eigenvalue weighted by atomic mass is 9.87. The Kier molecular flexibility index (Phi) is 8.41. The van der Waals surface area contributed by atoms with Crippen molar-refractivity contribution in [3.8, 4) is 0 Å². The van der Waals surface area contributed by atoms with Crippen molar-refractivity contribution in [2.24, 2.45) is 0 Å². The minimum atomic E-state index is -0.265. The fourth-order valence-corrected chi connectivity index (χ4v) is 3.67. The maximum absolute atomic E-state index is 12.3. The molecule has 0 saturated heterocycles. The average Bonchev–Trinajstić information content (AvgIpc) is 2.81. The molecular formula is C30H38N4O2. The monoisotopic (exact) mass is 486 g/mol. The Morgan fingerprint density at radius 2 is 0.944 bits per heavy atom. The summed E-state index contributed by atoms with van der Waals surface area (Å²) < 4.78 is 0. The summed E-state index contributed by atoms with van der Waals surface area (Å²) in [5.41, 5.74) is 5.96. The van der Waals surface area contributed by atoms with Gasteiger partial charge in [0.05, 0.1) is 0 Å². The molecule has 3 rings (SSSR count). The third kappa shape index (κ3) is 8.15. The number of hydrogen-bond acceptors (Lipinski definition) is 2. The molecule has 0 aliphatic rings. The minimum absolute atomic E-state index is 0.0685. The van der Waals surface area contributed by atoms with Gasteiger partial charge in [0.15, 0.2) is 0 Å². The van der Waals surface area contributed by atoms with E-state index in [9.17, 15) is 9.59 Å². The highest BCUT2D eigenvalue weighted by Crippen LogP contribution is 2.24. The highest BCUT2D eigenvalue weighted by Gasteiger charge is 2.14. The van der Waals surface area contributed by atoms with Gasteiger partial charge in [-0.2, -0.15) is 0 Å². The number of carbonyl (C=O) groups is 2. The van der Waals surface area contributed by atoms with E-state index < -0.39 is 0 Å². The summed E-state index contributed by atoms with van der Waals surface area (Å²) in [6.07, 6.45) is 0. The number of rotatable bonds is 6. The number of amides is 4. The van der Waals surface area contributed by atoms with Gasteiger partial charge in [0.25, 0.3) is 0 Å². The lowest BCUT2D eigenvalue weighted by Crippen LogP contribution is -2.29. The Hall–Kier alpha value is -3.80. The molecule has 0 aliphatic carbocycles. The first-order chi connectivity index (χ1) is 16.9. The lowest BCUT2D eigenvalue weighted by molar-refractivity contribution is 0.251. The Morgan fingerprint density at radius 3 is 1.28 bits per heavy atom. The van der Waals surface area contributed by atoms with E-state index in [2.05, 4.69) is 62.8 Å². The molecule has 0 atom stereocenters. The Bertz CT molecular complexity index is 1080. The third-order valence-electron chi connectivity index (χ3n) is 5.92. The SMILES string of the molecule is CC(C)(C)c1ccc(NC(=O)NCc2cccc(CNC(=O)Nc3ccc(C(C)(C)C)cc3)c2)cc1. The molecule has 0 heterocycles. The molecule has 36 heavy (non-hydrogen) atoms. The molecule has 3 aromatic rings. The molecule has 0 aliphatic heterocycles. The van der Waals surface area contributed by atoms with E-state index in [0.29, 0.717) is 13.1 Å². The van der Waals surface area contributed by atoms with Crippen LogP contribution >= 0.6 is 0 Å². The van der Waals surface area contributed by atoms with Crippen LogP contribution in [0.2, 0.25) is 0 Å². The molecule has 0 spiro atoms. The minimum Gasteiger partial charge on any atom is -0.334 e. The summed E-state index contributed by atoms with van der Waals surface area (Å²) in [6.45, 7) is 13.7. The van der Waals surface area contributed by atoms with Gasteiger partial charge in [-0.25, -0.2) is 9.59 Å². The van der Waals surface area contributed by atoms with Crippen molar-refractivity contribution < 1.29 is 9.59 Å². The first-order valence-electron chi connectivity index (χ1n) is 12.3. The molecule has 0 aromatic heterocycles. The molecule has 4 N–H and O–H groups in total. The second-order valence-corrected chi connectivity index (χ2v) is 11.1. The van der Waals surface area contributed by atoms with Crippen molar-refractivity contribution in [2.75, 3.05) is 10.6 Å². The molecule has 0 bridgehead atoms. The van der Waals surface area contributed by atoms with E-state index in [1.807, 2.05) is 72.8 Å². The zero-order valence-corrected chi connectivity index (χ0v) is 22.2. The number of anilines is 2. The largest absolute Gasteiger partial charge is 0.334 e. The normalized spacial score (nSPS) is 11.5. The molecular weight excluding hydrogens is 448 g/mol. The standard InChI is InChI=1S/C30H38N4O2/c1-29(2,3)23-10-14-25(15-11-23)33-27(35)31-19-21-8-7-9-22(18-21)20-32-28(36)34-26-16-12-24(13-17-26)30(4,5)6/h7-18H,19-20H2,1-6H3,(H2,31,33,35)(H2,32,34,36). The number of urea groups is 2. The summed E-state index contributed by atoms with van der Waals surface area (Å²) in [6, 6.07) is 23.0. The van der Waals surface area contributed by atoms with Crippen LogP contribution in [-0.2, 0) is 23.9 Å². The van der Waals surface area contributed by atoms with Crippen LogP contribution in [0.3, 0.4) is 0 Å². The molecule has 6 nitrogen and oxygen atoms in total. The van der Waals surface area contributed by atoms with Crippen molar-refractivity contribution >= 4 is 23.4 Å². The highest BCUT2D eigenvalue weighted by molar-refractivity contribution is 5.89. The number of nitrogens with one attached hydrogen (secondary N) is 4. The van der Waals surface area contributed by atoms with Crippen LogP contribution in [0.4, 0.5) is 21.0 Å². The van der Waals surface area contributed by atoms with E-state index in [1.54, 1.807) is 0 Å². The van der Waals surface area contributed by atoms with Crippen molar-refractivity contribution in [2.45, 2.75) is 65.5 Å². The number of benzene rings is 3. The molecule has 3 aromatic carbocycles. The maximum atomic E-state index is 12.3. The summed E-state index contributed by atoms with van der Waals surface area (Å²) in [7, 11) is 0. The fraction of sp³-hybridized carbons (Fsp3) is 0.333. The summed E-state index contributed by atoms with van der Waals surface area (Å²) >= 11 is 0. The number of hydrogen-bond donors (Lipinski definition) is 4. The number of carbonyl (C=O) groups excluding carboxylic acids is 2. The second kappa shape index (κ2) is 11.3. The van der Waals surface area contributed by atoms with Crippen LogP contribution in [0.25, 0.3) is 0 Å². The Labute approximate surface area is 214 Å². The van der Waals surface area contributed by atoms with Crippen molar-refractivity contribution in [3.63, 3.8) is 0 Å². The van der Waals surface area contributed by atoms with Crippen LogP contribution < -0.4 is 21.3 Å². The van der Waals surface area contributed by atoms with E-state index >= 15 is 0 Å². The van der Waals surface area contributed by atoms with Crippen molar-refractivity contribution in [1.82, 2.24) is 10.6 Å². The van der Waals surface area contributed by atoms with Crippen LogP contribution in [0.15, 0.2) is 72.8 Å². The van der Waals surface area contributed by atoms with Gasteiger partial charge in [-0.05, 0) is 57.3 Å². The smallest absolute Gasteiger partial charge is 0.319 e. The van der Waals surface area contributed by atoms with Gasteiger partial charge in [0.2, 0.25) is 0 Å². The maximum Gasteiger partial charge on any atom is 0.319 e. The van der Waals surface area contributed by atoms with Gasteiger partial charge in [0, 0.05) is 24.5 Å². The average molecular weight is 487 g/mol. The van der Waals surface area contributed by atoms with Gasteiger partial charge >= 0.3 is 12.1 Å². The lowest BCUT2D eigenvalue weighted by Gasteiger charge is -2.19. The molecule has 190 valence electrons. The topological polar surface area (TPSA) is 82.3 Å². The van der Waals surface area contributed by atoms with Gasteiger partial charge < -0.3 is 21.3 Å². The molecule has 6 heteroatoms. The van der Waals surface area contributed by atoms with Crippen LogP contribution in [0, 0.1) is 0 Å². The van der Waals surface area contributed by atoms with Gasteiger partial charge in [-0.1, -0.05) is 90.1 Å². The third-order valence-corrected chi connectivity index (χ3v) is 5.92. The van der Waals surface area contributed by atoms with E-state index in [-0.39, 0.29) is 22.9 Å². The van der Waals surface area contributed by atoms with Crippen molar-refractivity contribution in [3.05, 3.63) is 95.1 Å².